The average Bonchev–Trinajstić information content (AvgIpc) is 2.63. The van der Waals surface area contributed by atoms with Crippen molar-refractivity contribution in [2.24, 2.45) is 0 Å². The number of benzene rings is 2. The van der Waals surface area contributed by atoms with E-state index in [2.05, 4.69) is 10.6 Å². The van der Waals surface area contributed by atoms with Gasteiger partial charge in [-0.05, 0) is 43.7 Å². The van der Waals surface area contributed by atoms with Crippen molar-refractivity contribution in [2.45, 2.75) is 20.0 Å². The number of amides is 1. The summed E-state index contributed by atoms with van der Waals surface area (Å²) in [6, 6.07) is 11.9. The van der Waals surface area contributed by atoms with Crippen molar-refractivity contribution in [1.29, 1.82) is 0 Å². The molecule has 0 heterocycles. The number of carbonyl (C=O) groups is 2. The number of rotatable bonds is 7. The van der Waals surface area contributed by atoms with Gasteiger partial charge in [0.1, 0.15) is 0 Å². The lowest BCUT2D eigenvalue weighted by atomic mass is 10.1. The molecule has 0 saturated carbocycles. The van der Waals surface area contributed by atoms with Crippen molar-refractivity contribution in [3.05, 3.63) is 58.6 Å². The molecule has 0 spiro atoms. The maximum atomic E-state index is 12.4. The largest absolute Gasteiger partial charge is 0.449 e. The van der Waals surface area contributed by atoms with Crippen LogP contribution in [-0.2, 0) is 9.53 Å². The molecule has 7 heteroatoms. The van der Waals surface area contributed by atoms with Gasteiger partial charge in [0.15, 0.2) is 6.10 Å². The van der Waals surface area contributed by atoms with Gasteiger partial charge in [-0.1, -0.05) is 29.8 Å². The van der Waals surface area contributed by atoms with Crippen LogP contribution in [0.4, 0.5) is 11.4 Å². The van der Waals surface area contributed by atoms with Crippen LogP contribution in [-0.4, -0.2) is 36.2 Å². The minimum absolute atomic E-state index is 0.0683. The summed E-state index contributed by atoms with van der Waals surface area (Å²) in [5.74, 6) is -1.08. The van der Waals surface area contributed by atoms with Crippen molar-refractivity contribution in [1.82, 2.24) is 0 Å². The van der Waals surface area contributed by atoms with Gasteiger partial charge in [-0.3, -0.25) is 4.79 Å². The molecule has 1 amide bonds. The highest BCUT2D eigenvalue weighted by Crippen LogP contribution is 2.21. The molecule has 0 aliphatic carbocycles. The number of esters is 1. The quantitative estimate of drug-likeness (QED) is 0.646. The molecule has 0 unspecified atom stereocenters. The summed E-state index contributed by atoms with van der Waals surface area (Å²) in [4.78, 5) is 24.7. The van der Waals surface area contributed by atoms with Gasteiger partial charge in [0.2, 0.25) is 0 Å². The Morgan fingerprint density at radius 1 is 1.19 bits per heavy atom. The number of aliphatic hydroxyl groups excluding tert-OH is 1. The number of anilines is 2. The maximum Gasteiger partial charge on any atom is 0.341 e. The minimum atomic E-state index is -0.994. The number of para-hydroxylation sites is 1. The highest BCUT2D eigenvalue weighted by Gasteiger charge is 2.21. The first-order valence-electron chi connectivity index (χ1n) is 8.14. The number of ether oxygens (including phenoxy) is 1. The molecule has 3 N–H and O–H groups in total. The van der Waals surface area contributed by atoms with Crippen molar-refractivity contribution >= 4 is 34.9 Å². The van der Waals surface area contributed by atoms with Crippen LogP contribution in [0, 0.1) is 6.92 Å². The number of aliphatic hydroxyl groups is 1. The smallest absolute Gasteiger partial charge is 0.341 e. The second kappa shape index (κ2) is 9.22. The third-order valence-electron chi connectivity index (χ3n) is 3.68. The Kier molecular flexibility index (Phi) is 7.00. The lowest BCUT2D eigenvalue weighted by Gasteiger charge is -2.16. The van der Waals surface area contributed by atoms with E-state index in [1.54, 1.807) is 42.5 Å². The van der Waals surface area contributed by atoms with Crippen molar-refractivity contribution in [3.8, 4) is 0 Å². The van der Waals surface area contributed by atoms with Crippen molar-refractivity contribution in [2.75, 3.05) is 23.8 Å². The van der Waals surface area contributed by atoms with Crippen molar-refractivity contribution in [3.63, 3.8) is 0 Å². The predicted octanol–water partition coefficient (Wildman–Crippen LogP) is 3.24. The molecule has 0 radical (unpaired) electrons. The monoisotopic (exact) mass is 376 g/mol. The van der Waals surface area contributed by atoms with Crippen LogP contribution in [0.25, 0.3) is 0 Å². The molecule has 26 heavy (non-hydrogen) atoms. The van der Waals surface area contributed by atoms with Gasteiger partial charge in [0.05, 0.1) is 12.2 Å². The molecule has 0 fully saturated rings. The molecular formula is C19H21ClN2O4. The fourth-order valence-electron chi connectivity index (χ4n) is 2.25. The number of halogens is 1. The van der Waals surface area contributed by atoms with Crippen LogP contribution in [0.3, 0.4) is 0 Å². The highest BCUT2D eigenvalue weighted by atomic mass is 35.5. The standard InChI is InChI=1S/C19H21ClN2O4/c1-12-7-8-14(20)11-17(12)22-18(24)13(2)26-19(25)15-5-3-4-6-16(15)21-9-10-23/h3-8,11,13,21,23H,9-10H2,1-2H3,(H,22,24)/t13-/m1/s1. The Morgan fingerprint density at radius 3 is 2.65 bits per heavy atom. The van der Waals surface area contributed by atoms with Crippen LogP contribution in [0.1, 0.15) is 22.8 Å². The summed E-state index contributed by atoms with van der Waals surface area (Å²) in [5, 5.41) is 15.1. The Balaban J connectivity index is 2.04. The first kappa shape index (κ1) is 19.8. The van der Waals surface area contributed by atoms with Gasteiger partial charge in [0, 0.05) is 22.9 Å². The SMILES string of the molecule is Cc1ccc(Cl)cc1NC(=O)[C@@H](C)OC(=O)c1ccccc1NCCO. The summed E-state index contributed by atoms with van der Waals surface area (Å²) in [5.41, 5.74) is 2.24. The van der Waals surface area contributed by atoms with E-state index >= 15 is 0 Å². The number of carbonyl (C=O) groups excluding carboxylic acids is 2. The fraction of sp³-hybridized carbons (Fsp3) is 0.263. The maximum absolute atomic E-state index is 12.4. The number of nitrogens with one attached hydrogen (secondary N) is 2. The van der Waals surface area contributed by atoms with Crippen LogP contribution in [0.2, 0.25) is 5.02 Å². The summed E-state index contributed by atoms with van der Waals surface area (Å²) in [7, 11) is 0. The Bertz CT molecular complexity index is 795. The molecule has 0 bridgehead atoms. The zero-order valence-corrected chi connectivity index (χ0v) is 15.3. The van der Waals surface area contributed by atoms with E-state index in [1.165, 1.54) is 6.92 Å². The van der Waals surface area contributed by atoms with Crippen LogP contribution >= 0.6 is 11.6 Å². The Labute approximate surface area is 157 Å². The topological polar surface area (TPSA) is 87.7 Å². The van der Waals surface area contributed by atoms with E-state index in [-0.39, 0.29) is 6.61 Å². The van der Waals surface area contributed by atoms with Gasteiger partial charge in [0.25, 0.3) is 5.91 Å². The van der Waals surface area contributed by atoms with E-state index in [0.717, 1.165) is 5.56 Å². The van der Waals surface area contributed by atoms with Gasteiger partial charge < -0.3 is 20.5 Å². The molecular weight excluding hydrogens is 356 g/mol. The molecule has 0 aliphatic heterocycles. The summed E-state index contributed by atoms with van der Waals surface area (Å²) in [6.07, 6.45) is -0.994. The summed E-state index contributed by atoms with van der Waals surface area (Å²) < 4.78 is 5.27. The second-order valence-corrected chi connectivity index (χ2v) is 6.13. The van der Waals surface area contributed by atoms with E-state index in [1.807, 2.05) is 6.92 Å². The Morgan fingerprint density at radius 2 is 1.92 bits per heavy atom. The van der Waals surface area contributed by atoms with Gasteiger partial charge in [-0.25, -0.2) is 4.79 Å². The fourth-order valence-corrected chi connectivity index (χ4v) is 2.42. The molecule has 1 atom stereocenters. The van der Waals surface area contributed by atoms with Gasteiger partial charge in [-0.15, -0.1) is 0 Å². The highest BCUT2D eigenvalue weighted by molar-refractivity contribution is 6.31. The minimum Gasteiger partial charge on any atom is -0.449 e. The molecule has 6 nitrogen and oxygen atoms in total. The second-order valence-electron chi connectivity index (χ2n) is 5.69. The average molecular weight is 377 g/mol. The van der Waals surface area contributed by atoms with Crippen LogP contribution in [0.5, 0.6) is 0 Å². The third kappa shape index (κ3) is 5.21. The van der Waals surface area contributed by atoms with Gasteiger partial charge in [-0.2, -0.15) is 0 Å². The molecule has 2 rings (SSSR count). The van der Waals surface area contributed by atoms with E-state index < -0.39 is 18.0 Å². The third-order valence-corrected chi connectivity index (χ3v) is 3.92. The van der Waals surface area contributed by atoms with Crippen molar-refractivity contribution < 1.29 is 19.4 Å². The molecule has 138 valence electrons. The zero-order valence-electron chi connectivity index (χ0n) is 14.6. The molecule has 2 aromatic carbocycles. The van der Waals surface area contributed by atoms with Gasteiger partial charge >= 0.3 is 5.97 Å². The number of hydrogen-bond acceptors (Lipinski definition) is 5. The van der Waals surface area contributed by atoms with E-state index in [4.69, 9.17) is 21.4 Å². The molecule has 0 aromatic heterocycles. The molecule has 0 aliphatic rings. The molecule has 0 saturated heterocycles. The first-order valence-corrected chi connectivity index (χ1v) is 8.52. The summed E-state index contributed by atoms with van der Waals surface area (Å²) >= 11 is 5.94. The zero-order chi connectivity index (χ0) is 19.1. The number of hydrogen-bond donors (Lipinski definition) is 3. The lowest BCUT2D eigenvalue weighted by molar-refractivity contribution is -0.123. The Hall–Kier alpha value is -2.57. The van der Waals surface area contributed by atoms with E-state index in [9.17, 15) is 9.59 Å². The van der Waals surface area contributed by atoms with Crippen LogP contribution < -0.4 is 10.6 Å². The number of aryl methyl sites for hydroxylation is 1. The molecule has 2 aromatic rings. The first-order chi connectivity index (χ1) is 12.4. The summed E-state index contributed by atoms with van der Waals surface area (Å²) in [6.45, 7) is 3.57. The van der Waals surface area contributed by atoms with E-state index in [0.29, 0.717) is 28.5 Å². The lowest BCUT2D eigenvalue weighted by Crippen LogP contribution is -2.30. The van der Waals surface area contributed by atoms with Crippen LogP contribution in [0.15, 0.2) is 42.5 Å². The normalized spacial score (nSPS) is 11.5. The predicted molar refractivity (Wildman–Crippen MR) is 102 cm³/mol.